The van der Waals surface area contributed by atoms with Gasteiger partial charge in [-0.25, -0.2) is 4.39 Å². The molecule has 2 aromatic rings. The van der Waals surface area contributed by atoms with E-state index >= 15 is 0 Å². The molecule has 9 heteroatoms. The van der Waals surface area contributed by atoms with Gasteiger partial charge in [0.1, 0.15) is 30.4 Å². The van der Waals surface area contributed by atoms with E-state index in [1.54, 1.807) is 36.4 Å². The molecule has 0 aliphatic carbocycles. The molecule has 0 bridgehead atoms. The highest BCUT2D eigenvalue weighted by atomic mass is 35.5. The van der Waals surface area contributed by atoms with Crippen LogP contribution >= 0.6 is 23.8 Å². The van der Waals surface area contributed by atoms with Crippen molar-refractivity contribution in [3.8, 4) is 5.75 Å². The zero-order valence-corrected chi connectivity index (χ0v) is 17.8. The number of carbonyl (C=O) groups excluding carboxylic acids is 2. The maximum atomic E-state index is 13.3. The van der Waals surface area contributed by atoms with Gasteiger partial charge in [-0.1, -0.05) is 29.8 Å². The topological polar surface area (TPSA) is 59.1 Å². The van der Waals surface area contributed by atoms with Crippen LogP contribution in [0.1, 0.15) is 11.1 Å². The van der Waals surface area contributed by atoms with Gasteiger partial charge in [-0.2, -0.15) is 0 Å². The van der Waals surface area contributed by atoms with E-state index in [4.69, 9.17) is 28.6 Å². The van der Waals surface area contributed by atoms with Gasteiger partial charge in [0, 0.05) is 7.05 Å². The molecule has 3 rings (SSSR count). The summed E-state index contributed by atoms with van der Waals surface area (Å²) in [6.45, 7) is -0.0256. The van der Waals surface area contributed by atoms with Crippen LogP contribution in [-0.4, -0.2) is 47.5 Å². The van der Waals surface area contributed by atoms with Crippen LogP contribution in [0.25, 0.3) is 6.08 Å². The number of amides is 1. The Morgan fingerprint density at radius 2 is 2.03 bits per heavy atom. The predicted octanol–water partition coefficient (Wildman–Crippen LogP) is 3.63. The SMILES string of the molecule is COC(=O)CN1C(=S)N(C)C(=O)C1=Cc1ccc(OCc2cccc(F)c2)c(Cl)c1. The van der Waals surface area contributed by atoms with Crippen LogP contribution in [0.3, 0.4) is 0 Å². The molecule has 0 saturated carbocycles. The zero-order chi connectivity index (χ0) is 21.8. The summed E-state index contributed by atoms with van der Waals surface area (Å²) in [5, 5.41) is 0.527. The average Bonchev–Trinajstić information content (AvgIpc) is 2.91. The van der Waals surface area contributed by atoms with E-state index in [0.717, 1.165) is 0 Å². The van der Waals surface area contributed by atoms with E-state index in [-0.39, 0.29) is 35.7 Å². The number of likely N-dealkylation sites (N-methyl/N-ethyl adjacent to an activating group) is 1. The van der Waals surface area contributed by atoms with Gasteiger partial charge in [0.15, 0.2) is 5.11 Å². The molecule has 1 fully saturated rings. The van der Waals surface area contributed by atoms with Crippen molar-refractivity contribution in [3.63, 3.8) is 0 Å². The van der Waals surface area contributed by atoms with Crippen LogP contribution in [0.2, 0.25) is 5.02 Å². The number of nitrogens with zero attached hydrogens (tertiary/aromatic N) is 2. The lowest BCUT2D eigenvalue weighted by molar-refractivity contribution is -0.140. The lowest BCUT2D eigenvalue weighted by atomic mass is 10.1. The Morgan fingerprint density at radius 1 is 1.27 bits per heavy atom. The van der Waals surface area contributed by atoms with E-state index in [9.17, 15) is 14.0 Å². The quantitative estimate of drug-likeness (QED) is 0.382. The standard InChI is InChI=1S/C21H18ClFN2O4S/c1-24-20(27)17(25(21(24)30)11-19(26)28-2)10-13-6-7-18(16(22)9-13)29-12-14-4-3-5-15(23)8-14/h3-10H,11-12H2,1-2H3. The molecule has 0 atom stereocenters. The van der Waals surface area contributed by atoms with Gasteiger partial charge in [-0.15, -0.1) is 0 Å². The Balaban J connectivity index is 1.80. The molecule has 0 spiro atoms. The molecule has 1 aliphatic heterocycles. The lowest BCUT2D eigenvalue weighted by Crippen LogP contribution is -2.33. The second kappa shape index (κ2) is 9.23. The molecule has 2 aromatic carbocycles. The Bertz CT molecular complexity index is 1040. The van der Waals surface area contributed by atoms with Gasteiger partial charge in [0.25, 0.3) is 5.91 Å². The Kier molecular flexibility index (Phi) is 6.69. The van der Waals surface area contributed by atoms with Gasteiger partial charge in [-0.3, -0.25) is 14.5 Å². The minimum Gasteiger partial charge on any atom is -0.487 e. The van der Waals surface area contributed by atoms with Crippen molar-refractivity contribution >= 4 is 46.9 Å². The van der Waals surface area contributed by atoms with Crippen LogP contribution in [-0.2, 0) is 20.9 Å². The number of hydrogen-bond donors (Lipinski definition) is 0. The van der Waals surface area contributed by atoms with Crippen LogP contribution in [0.15, 0.2) is 48.2 Å². The molecule has 1 amide bonds. The molecule has 0 N–H and O–H groups in total. The predicted molar refractivity (Wildman–Crippen MR) is 114 cm³/mol. The van der Waals surface area contributed by atoms with Crippen LogP contribution in [0.4, 0.5) is 4.39 Å². The third kappa shape index (κ3) is 4.77. The van der Waals surface area contributed by atoms with Crippen LogP contribution < -0.4 is 4.74 Å². The summed E-state index contributed by atoms with van der Waals surface area (Å²) in [4.78, 5) is 26.9. The number of rotatable bonds is 6. The summed E-state index contributed by atoms with van der Waals surface area (Å²) < 4.78 is 23.6. The molecule has 30 heavy (non-hydrogen) atoms. The van der Waals surface area contributed by atoms with Gasteiger partial charge in [0.2, 0.25) is 0 Å². The number of carbonyl (C=O) groups is 2. The second-order valence-electron chi connectivity index (χ2n) is 6.45. The molecule has 1 aliphatic rings. The van der Waals surface area contributed by atoms with Crippen molar-refractivity contribution in [1.29, 1.82) is 0 Å². The largest absolute Gasteiger partial charge is 0.487 e. The fourth-order valence-electron chi connectivity index (χ4n) is 2.81. The number of ether oxygens (including phenoxy) is 2. The first-order chi connectivity index (χ1) is 14.3. The highest BCUT2D eigenvalue weighted by Crippen LogP contribution is 2.29. The number of benzene rings is 2. The summed E-state index contributed by atoms with van der Waals surface area (Å²) >= 11 is 11.6. The third-order valence-corrected chi connectivity index (χ3v) is 5.18. The van der Waals surface area contributed by atoms with Crippen molar-refractivity contribution in [2.75, 3.05) is 20.7 Å². The Hall–Kier alpha value is -2.97. The van der Waals surface area contributed by atoms with E-state index in [2.05, 4.69) is 4.74 Å². The molecule has 156 valence electrons. The van der Waals surface area contributed by atoms with Crippen LogP contribution in [0, 0.1) is 5.82 Å². The van der Waals surface area contributed by atoms with E-state index < -0.39 is 5.97 Å². The number of hydrogen-bond acceptors (Lipinski definition) is 5. The first-order valence-corrected chi connectivity index (χ1v) is 9.63. The minimum atomic E-state index is -0.523. The van der Waals surface area contributed by atoms with Crippen molar-refractivity contribution in [2.24, 2.45) is 0 Å². The molecule has 0 radical (unpaired) electrons. The van der Waals surface area contributed by atoms with Gasteiger partial charge in [0.05, 0.1) is 12.1 Å². The maximum absolute atomic E-state index is 13.3. The molecule has 1 saturated heterocycles. The fraction of sp³-hybridized carbons (Fsp3) is 0.190. The molecule has 0 unspecified atom stereocenters. The van der Waals surface area contributed by atoms with Crippen molar-refractivity contribution in [2.45, 2.75) is 6.61 Å². The first kappa shape index (κ1) is 21.7. The molecular formula is C21H18ClFN2O4S. The normalized spacial score (nSPS) is 15.1. The first-order valence-electron chi connectivity index (χ1n) is 8.85. The summed E-state index contributed by atoms with van der Waals surface area (Å²) in [5.74, 6) is -0.790. The Labute approximate surface area is 183 Å². The molecular weight excluding hydrogens is 431 g/mol. The van der Waals surface area contributed by atoms with Gasteiger partial charge in [-0.05, 0) is 53.7 Å². The maximum Gasteiger partial charge on any atom is 0.325 e. The summed E-state index contributed by atoms with van der Waals surface area (Å²) in [6.07, 6.45) is 1.59. The van der Waals surface area contributed by atoms with Crippen molar-refractivity contribution < 1.29 is 23.5 Å². The Morgan fingerprint density at radius 3 is 2.70 bits per heavy atom. The van der Waals surface area contributed by atoms with Gasteiger partial charge < -0.3 is 14.4 Å². The molecule has 0 aromatic heterocycles. The highest BCUT2D eigenvalue weighted by molar-refractivity contribution is 7.80. The summed E-state index contributed by atoms with van der Waals surface area (Å²) in [5.41, 5.74) is 1.52. The monoisotopic (exact) mass is 448 g/mol. The highest BCUT2D eigenvalue weighted by Gasteiger charge is 2.36. The van der Waals surface area contributed by atoms with E-state index in [1.807, 2.05) is 0 Å². The number of esters is 1. The van der Waals surface area contributed by atoms with Gasteiger partial charge >= 0.3 is 5.97 Å². The number of halogens is 2. The lowest BCUT2D eigenvalue weighted by Gasteiger charge is -2.17. The summed E-state index contributed by atoms with van der Waals surface area (Å²) in [6, 6.07) is 11.1. The molecule has 1 heterocycles. The average molecular weight is 449 g/mol. The van der Waals surface area contributed by atoms with Crippen molar-refractivity contribution in [1.82, 2.24) is 9.80 Å². The smallest absolute Gasteiger partial charge is 0.325 e. The number of methoxy groups -OCH3 is 1. The minimum absolute atomic E-state index is 0.155. The van der Waals surface area contributed by atoms with Crippen molar-refractivity contribution in [3.05, 3.63) is 70.1 Å². The third-order valence-electron chi connectivity index (χ3n) is 4.39. The van der Waals surface area contributed by atoms with E-state index in [1.165, 1.54) is 36.1 Å². The van der Waals surface area contributed by atoms with Crippen LogP contribution in [0.5, 0.6) is 5.75 Å². The summed E-state index contributed by atoms with van der Waals surface area (Å²) in [7, 11) is 2.80. The second-order valence-corrected chi connectivity index (χ2v) is 7.22. The van der Waals surface area contributed by atoms with E-state index in [0.29, 0.717) is 21.9 Å². The zero-order valence-electron chi connectivity index (χ0n) is 16.2. The fourth-order valence-corrected chi connectivity index (χ4v) is 3.30. The number of thiocarbonyl (C=S) groups is 1. The molecule has 6 nitrogen and oxygen atoms in total.